The Kier molecular flexibility index (Phi) is 5.25. The summed E-state index contributed by atoms with van der Waals surface area (Å²) in [7, 11) is 0. The van der Waals surface area contributed by atoms with Crippen molar-refractivity contribution in [3.8, 4) is 0 Å². The molecule has 2 heterocycles. The van der Waals surface area contributed by atoms with Crippen molar-refractivity contribution < 1.29 is 9.53 Å². The first-order valence-corrected chi connectivity index (χ1v) is 8.50. The summed E-state index contributed by atoms with van der Waals surface area (Å²) in [5.74, 6) is -0.0636. The van der Waals surface area contributed by atoms with Crippen LogP contribution < -0.4 is 0 Å². The molecule has 0 radical (unpaired) electrons. The van der Waals surface area contributed by atoms with Crippen LogP contribution in [0.5, 0.6) is 0 Å². The summed E-state index contributed by atoms with van der Waals surface area (Å²) in [6.45, 7) is 5.92. The van der Waals surface area contributed by atoms with E-state index in [9.17, 15) is 4.79 Å². The zero-order valence-electron chi connectivity index (χ0n) is 14.3. The average Bonchev–Trinajstić information content (AvgIpc) is 3.03. The number of rotatable bonds is 5. The molecule has 0 unspecified atom stereocenters. The van der Waals surface area contributed by atoms with E-state index >= 15 is 0 Å². The molecule has 6 heteroatoms. The van der Waals surface area contributed by atoms with Crippen LogP contribution in [0.15, 0.2) is 36.5 Å². The third-order valence-electron chi connectivity index (χ3n) is 4.16. The molecule has 2 atom stereocenters. The van der Waals surface area contributed by atoms with E-state index in [1.807, 2.05) is 32.0 Å². The third kappa shape index (κ3) is 4.20. The fourth-order valence-electron chi connectivity index (χ4n) is 3.10. The number of benzene rings is 1. The van der Waals surface area contributed by atoms with E-state index in [0.29, 0.717) is 18.8 Å². The highest BCUT2D eigenvalue weighted by Gasteiger charge is 2.28. The van der Waals surface area contributed by atoms with Crippen molar-refractivity contribution in [2.24, 2.45) is 0 Å². The molecule has 1 saturated heterocycles. The Morgan fingerprint density at radius 3 is 2.62 bits per heavy atom. The first-order valence-electron chi connectivity index (χ1n) is 8.50. The Morgan fingerprint density at radius 2 is 1.92 bits per heavy atom. The zero-order valence-corrected chi connectivity index (χ0v) is 14.3. The number of ether oxygens (including phenoxy) is 1. The molecule has 1 aliphatic heterocycles. The Bertz CT molecular complexity index is 661. The zero-order chi connectivity index (χ0) is 16.9. The van der Waals surface area contributed by atoms with Crippen molar-refractivity contribution in [1.29, 1.82) is 0 Å². The van der Waals surface area contributed by atoms with Gasteiger partial charge in [-0.25, -0.2) is 0 Å². The highest BCUT2D eigenvalue weighted by Crippen LogP contribution is 2.13. The maximum atomic E-state index is 12.6. The maximum absolute atomic E-state index is 12.6. The van der Waals surface area contributed by atoms with Gasteiger partial charge < -0.3 is 9.64 Å². The van der Waals surface area contributed by atoms with Crippen molar-refractivity contribution in [2.75, 3.05) is 13.1 Å². The van der Waals surface area contributed by atoms with E-state index in [0.717, 1.165) is 19.4 Å². The molecular formula is C18H24N4O2. The quantitative estimate of drug-likeness (QED) is 0.844. The molecule has 2 aromatic rings. The van der Waals surface area contributed by atoms with Crippen LogP contribution in [0.2, 0.25) is 0 Å². The third-order valence-corrected chi connectivity index (χ3v) is 4.16. The number of aromatic nitrogens is 3. The lowest BCUT2D eigenvalue weighted by atomic mass is 10.1. The van der Waals surface area contributed by atoms with E-state index in [1.165, 1.54) is 5.56 Å². The van der Waals surface area contributed by atoms with Crippen LogP contribution in [0.4, 0.5) is 0 Å². The lowest BCUT2D eigenvalue weighted by Gasteiger charge is -2.34. The summed E-state index contributed by atoms with van der Waals surface area (Å²) in [6.07, 6.45) is 3.81. The molecule has 0 aliphatic carbocycles. The number of hydrogen-bond acceptors (Lipinski definition) is 4. The SMILES string of the molecule is C[C@@H]1CN(C(=O)c2cn(CCCc3ccccc3)nn2)C[C@H](C)O1. The van der Waals surface area contributed by atoms with Gasteiger partial charge in [-0.05, 0) is 32.3 Å². The van der Waals surface area contributed by atoms with Crippen LogP contribution in [0.25, 0.3) is 0 Å². The molecule has 6 nitrogen and oxygen atoms in total. The number of nitrogens with zero attached hydrogens (tertiary/aromatic N) is 4. The summed E-state index contributed by atoms with van der Waals surface area (Å²) < 4.78 is 7.42. The van der Waals surface area contributed by atoms with E-state index in [1.54, 1.807) is 15.8 Å². The standard InChI is InChI=1S/C18H24N4O2/c1-14-11-21(12-15(2)24-14)18(23)17-13-22(20-19-17)10-6-9-16-7-4-3-5-8-16/h3-5,7-8,13-15H,6,9-12H2,1-2H3/t14-,15+. The summed E-state index contributed by atoms with van der Waals surface area (Å²) in [6, 6.07) is 10.4. The Balaban J connectivity index is 1.54. The summed E-state index contributed by atoms with van der Waals surface area (Å²) in [4.78, 5) is 14.4. The van der Waals surface area contributed by atoms with Crippen LogP contribution in [-0.2, 0) is 17.7 Å². The topological polar surface area (TPSA) is 60.2 Å². The van der Waals surface area contributed by atoms with Gasteiger partial charge in [-0.1, -0.05) is 35.5 Å². The summed E-state index contributed by atoms with van der Waals surface area (Å²) >= 11 is 0. The second-order valence-electron chi connectivity index (χ2n) is 6.42. The molecule has 1 aromatic heterocycles. The van der Waals surface area contributed by atoms with Gasteiger partial charge in [-0.15, -0.1) is 5.10 Å². The van der Waals surface area contributed by atoms with Gasteiger partial charge in [-0.2, -0.15) is 0 Å². The van der Waals surface area contributed by atoms with Gasteiger partial charge in [0.2, 0.25) is 0 Å². The molecule has 3 rings (SSSR count). The molecule has 0 N–H and O–H groups in total. The fraction of sp³-hybridized carbons (Fsp3) is 0.500. The first-order chi connectivity index (χ1) is 11.6. The summed E-state index contributed by atoms with van der Waals surface area (Å²) in [5, 5.41) is 8.14. The number of hydrogen-bond donors (Lipinski definition) is 0. The van der Waals surface area contributed by atoms with Crippen molar-refractivity contribution in [3.05, 3.63) is 47.8 Å². The van der Waals surface area contributed by atoms with E-state index in [-0.39, 0.29) is 18.1 Å². The number of amides is 1. The van der Waals surface area contributed by atoms with E-state index < -0.39 is 0 Å². The minimum atomic E-state index is -0.0636. The normalized spacial score (nSPS) is 21.0. The number of morpholine rings is 1. The van der Waals surface area contributed by atoms with Crippen LogP contribution in [0.1, 0.15) is 36.3 Å². The van der Waals surface area contributed by atoms with Crippen LogP contribution in [0, 0.1) is 0 Å². The molecule has 24 heavy (non-hydrogen) atoms. The minimum Gasteiger partial charge on any atom is -0.372 e. The molecular weight excluding hydrogens is 304 g/mol. The van der Waals surface area contributed by atoms with Crippen molar-refractivity contribution in [2.45, 2.75) is 45.4 Å². The molecule has 1 amide bonds. The van der Waals surface area contributed by atoms with Gasteiger partial charge in [0.25, 0.3) is 5.91 Å². The lowest BCUT2D eigenvalue weighted by molar-refractivity contribution is -0.0587. The largest absolute Gasteiger partial charge is 0.372 e. The smallest absolute Gasteiger partial charge is 0.276 e. The average molecular weight is 328 g/mol. The molecule has 1 aliphatic rings. The van der Waals surface area contributed by atoms with Crippen molar-refractivity contribution in [3.63, 3.8) is 0 Å². The van der Waals surface area contributed by atoms with E-state index in [4.69, 9.17) is 4.74 Å². The highest BCUT2D eigenvalue weighted by atomic mass is 16.5. The van der Waals surface area contributed by atoms with E-state index in [2.05, 4.69) is 22.4 Å². The van der Waals surface area contributed by atoms with Crippen LogP contribution >= 0.6 is 0 Å². The molecule has 0 bridgehead atoms. The number of carbonyl (C=O) groups is 1. The van der Waals surface area contributed by atoms with Gasteiger partial charge in [0.05, 0.1) is 18.4 Å². The lowest BCUT2D eigenvalue weighted by Crippen LogP contribution is -2.48. The highest BCUT2D eigenvalue weighted by molar-refractivity contribution is 5.92. The molecule has 0 saturated carbocycles. The van der Waals surface area contributed by atoms with Gasteiger partial charge >= 0.3 is 0 Å². The Hall–Kier alpha value is -2.21. The molecule has 1 fully saturated rings. The van der Waals surface area contributed by atoms with Crippen LogP contribution in [-0.4, -0.2) is 51.1 Å². The molecule has 128 valence electrons. The maximum Gasteiger partial charge on any atom is 0.276 e. The van der Waals surface area contributed by atoms with Gasteiger partial charge in [0, 0.05) is 19.6 Å². The minimum absolute atomic E-state index is 0.0543. The Morgan fingerprint density at radius 1 is 1.21 bits per heavy atom. The monoisotopic (exact) mass is 328 g/mol. The second-order valence-corrected chi connectivity index (χ2v) is 6.42. The van der Waals surface area contributed by atoms with Gasteiger partial charge in [0.15, 0.2) is 5.69 Å². The number of aryl methyl sites for hydroxylation is 2. The van der Waals surface area contributed by atoms with Gasteiger partial charge in [0.1, 0.15) is 0 Å². The van der Waals surface area contributed by atoms with Gasteiger partial charge in [-0.3, -0.25) is 9.48 Å². The van der Waals surface area contributed by atoms with Crippen molar-refractivity contribution in [1.82, 2.24) is 19.9 Å². The predicted octanol–water partition coefficient (Wildman–Crippen LogP) is 2.16. The predicted molar refractivity (Wildman–Crippen MR) is 90.7 cm³/mol. The van der Waals surface area contributed by atoms with Crippen molar-refractivity contribution >= 4 is 5.91 Å². The Labute approximate surface area is 142 Å². The summed E-state index contributed by atoms with van der Waals surface area (Å²) in [5.41, 5.74) is 1.72. The second kappa shape index (κ2) is 7.57. The molecule has 1 aromatic carbocycles. The number of carbonyl (C=O) groups excluding carboxylic acids is 1. The first kappa shape index (κ1) is 16.6. The fourth-order valence-corrected chi connectivity index (χ4v) is 3.10. The van der Waals surface area contributed by atoms with Crippen LogP contribution in [0.3, 0.4) is 0 Å². The molecule has 0 spiro atoms.